The molecule has 1 fully saturated rings. The first-order valence-electron chi connectivity index (χ1n) is 9.80. The summed E-state index contributed by atoms with van der Waals surface area (Å²) in [4.78, 5) is 11.5. The third kappa shape index (κ3) is 4.48. The molecule has 3 aromatic rings. The van der Waals surface area contributed by atoms with E-state index in [2.05, 4.69) is 32.3 Å². The zero-order valence-electron chi connectivity index (χ0n) is 16.7. The lowest BCUT2D eigenvalue weighted by Gasteiger charge is -2.27. The Bertz CT molecular complexity index is 953. The van der Waals surface area contributed by atoms with Crippen LogP contribution in [-0.2, 0) is 17.7 Å². The highest BCUT2D eigenvalue weighted by Gasteiger charge is 2.16. The van der Waals surface area contributed by atoms with E-state index in [-0.39, 0.29) is 0 Å². The molecule has 1 aliphatic rings. The number of anilines is 2. The van der Waals surface area contributed by atoms with Crippen LogP contribution in [0, 0.1) is 0 Å². The monoisotopic (exact) mass is 395 g/mol. The number of aromatic nitrogens is 3. The maximum atomic E-state index is 5.51. The molecule has 1 saturated heterocycles. The van der Waals surface area contributed by atoms with Crippen LogP contribution in [0.5, 0.6) is 5.75 Å². The largest absolute Gasteiger partial charge is 0.496 e. The van der Waals surface area contributed by atoms with Gasteiger partial charge in [0.15, 0.2) is 5.76 Å². The summed E-state index contributed by atoms with van der Waals surface area (Å²) in [6.45, 7) is 5.57. The minimum Gasteiger partial charge on any atom is -0.496 e. The lowest BCUT2D eigenvalue weighted by molar-refractivity contribution is 0.122. The third-order valence-corrected chi connectivity index (χ3v) is 4.81. The van der Waals surface area contributed by atoms with Gasteiger partial charge >= 0.3 is 0 Å². The van der Waals surface area contributed by atoms with Gasteiger partial charge in [0, 0.05) is 36.5 Å². The summed E-state index contributed by atoms with van der Waals surface area (Å²) in [6.07, 6.45) is 0.842. The number of benzene rings is 1. The minimum absolute atomic E-state index is 0.477. The first-order chi connectivity index (χ1) is 14.3. The fourth-order valence-electron chi connectivity index (χ4n) is 3.22. The molecule has 0 saturated carbocycles. The Morgan fingerprint density at radius 1 is 1.14 bits per heavy atom. The van der Waals surface area contributed by atoms with Crippen molar-refractivity contribution >= 4 is 11.8 Å². The average molecular weight is 395 g/mol. The summed E-state index contributed by atoms with van der Waals surface area (Å²) in [5.41, 5.74) is 2.64. The van der Waals surface area contributed by atoms with E-state index in [1.807, 2.05) is 36.4 Å². The molecular weight excluding hydrogens is 370 g/mol. The molecule has 0 spiro atoms. The highest BCUT2D eigenvalue weighted by Crippen LogP contribution is 2.29. The molecule has 8 heteroatoms. The smallest absolute Gasteiger partial charge is 0.227 e. The number of morpholine rings is 1. The van der Waals surface area contributed by atoms with E-state index >= 15 is 0 Å². The van der Waals surface area contributed by atoms with Crippen LogP contribution in [0.4, 0.5) is 11.8 Å². The molecule has 2 aromatic heterocycles. The van der Waals surface area contributed by atoms with Gasteiger partial charge in [-0.25, -0.2) is 4.98 Å². The van der Waals surface area contributed by atoms with Crippen LogP contribution in [0.3, 0.4) is 0 Å². The van der Waals surface area contributed by atoms with Crippen LogP contribution in [-0.4, -0.2) is 48.5 Å². The molecule has 0 radical (unpaired) electrons. The summed E-state index contributed by atoms with van der Waals surface area (Å²) < 4.78 is 16.3. The molecule has 1 aromatic carbocycles. The molecule has 0 amide bonds. The van der Waals surface area contributed by atoms with Gasteiger partial charge in [-0.15, -0.1) is 0 Å². The van der Waals surface area contributed by atoms with Crippen LogP contribution >= 0.6 is 0 Å². The fourth-order valence-corrected chi connectivity index (χ4v) is 3.22. The number of aryl methyl sites for hydroxylation is 1. The van der Waals surface area contributed by atoms with Gasteiger partial charge in [-0.2, -0.15) is 4.98 Å². The van der Waals surface area contributed by atoms with Crippen molar-refractivity contribution in [2.24, 2.45) is 0 Å². The van der Waals surface area contributed by atoms with Crippen molar-refractivity contribution in [3.8, 4) is 17.0 Å². The SMILES string of the molecule is CCc1cc(NCc2cc(-c3ccccc3OC)no2)nc(N2CCOCC2)n1. The van der Waals surface area contributed by atoms with Crippen LogP contribution in [0.2, 0.25) is 0 Å². The minimum atomic E-state index is 0.477. The molecule has 1 aliphatic heterocycles. The first-order valence-corrected chi connectivity index (χ1v) is 9.80. The first kappa shape index (κ1) is 19.2. The highest BCUT2D eigenvalue weighted by molar-refractivity contribution is 5.66. The lowest BCUT2D eigenvalue weighted by Crippen LogP contribution is -2.37. The predicted octanol–water partition coefficient (Wildman–Crippen LogP) is 3.15. The Morgan fingerprint density at radius 2 is 1.97 bits per heavy atom. The van der Waals surface area contributed by atoms with Gasteiger partial charge < -0.3 is 24.2 Å². The molecular formula is C21H25N5O3. The van der Waals surface area contributed by atoms with Crippen molar-refractivity contribution in [2.45, 2.75) is 19.9 Å². The van der Waals surface area contributed by atoms with Crippen LogP contribution in [0.15, 0.2) is 40.9 Å². The molecule has 29 heavy (non-hydrogen) atoms. The average Bonchev–Trinajstić information content (AvgIpc) is 3.27. The van der Waals surface area contributed by atoms with E-state index in [0.29, 0.717) is 19.8 Å². The molecule has 1 N–H and O–H groups in total. The number of nitrogens with one attached hydrogen (secondary N) is 1. The molecule has 3 heterocycles. The topological polar surface area (TPSA) is 85.5 Å². The van der Waals surface area contributed by atoms with Gasteiger partial charge in [0.1, 0.15) is 17.3 Å². The maximum absolute atomic E-state index is 5.51. The normalized spacial score (nSPS) is 14.1. The molecule has 0 atom stereocenters. The van der Waals surface area contributed by atoms with Gasteiger partial charge in [0.25, 0.3) is 0 Å². The van der Waals surface area contributed by atoms with Crippen molar-refractivity contribution in [3.05, 3.63) is 47.9 Å². The molecule has 0 bridgehead atoms. The van der Waals surface area contributed by atoms with E-state index < -0.39 is 0 Å². The Morgan fingerprint density at radius 3 is 2.76 bits per heavy atom. The second kappa shape index (κ2) is 8.91. The van der Waals surface area contributed by atoms with Crippen molar-refractivity contribution in [3.63, 3.8) is 0 Å². The maximum Gasteiger partial charge on any atom is 0.227 e. The number of methoxy groups -OCH3 is 1. The van der Waals surface area contributed by atoms with Crippen LogP contribution < -0.4 is 15.0 Å². The summed E-state index contributed by atoms with van der Waals surface area (Å²) in [7, 11) is 1.65. The molecule has 0 unspecified atom stereocenters. The van der Waals surface area contributed by atoms with E-state index in [1.165, 1.54) is 0 Å². The number of hydrogen-bond donors (Lipinski definition) is 1. The second-order valence-electron chi connectivity index (χ2n) is 6.73. The fraction of sp³-hybridized carbons (Fsp3) is 0.381. The van der Waals surface area contributed by atoms with Gasteiger partial charge in [0.2, 0.25) is 5.95 Å². The van der Waals surface area contributed by atoms with Gasteiger partial charge in [0.05, 0.1) is 26.9 Å². The van der Waals surface area contributed by atoms with Gasteiger partial charge in [-0.1, -0.05) is 24.2 Å². The molecule has 8 nitrogen and oxygen atoms in total. The summed E-state index contributed by atoms with van der Waals surface area (Å²) in [6, 6.07) is 11.6. The Kier molecular flexibility index (Phi) is 5.90. The van der Waals surface area contributed by atoms with Gasteiger partial charge in [-0.3, -0.25) is 0 Å². The van der Waals surface area contributed by atoms with E-state index in [9.17, 15) is 0 Å². The number of para-hydroxylation sites is 1. The highest BCUT2D eigenvalue weighted by atomic mass is 16.5. The Balaban J connectivity index is 1.48. The van der Waals surface area contributed by atoms with Crippen molar-refractivity contribution in [2.75, 3.05) is 43.6 Å². The van der Waals surface area contributed by atoms with Crippen molar-refractivity contribution in [1.29, 1.82) is 0 Å². The molecule has 152 valence electrons. The molecule has 0 aliphatic carbocycles. The van der Waals surface area contributed by atoms with Crippen LogP contribution in [0.25, 0.3) is 11.3 Å². The number of rotatable bonds is 7. The second-order valence-corrected chi connectivity index (χ2v) is 6.73. The van der Waals surface area contributed by atoms with Gasteiger partial charge in [-0.05, 0) is 18.6 Å². The Hall–Kier alpha value is -3.13. The quantitative estimate of drug-likeness (QED) is 0.653. The van der Waals surface area contributed by atoms with E-state index in [1.54, 1.807) is 7.11 Å². The van der Waals surface area contributed by atoms with Crippen molar-refractivity contribution < 1.29 is 14.0 Å². The standard InChI is InChI=1S/C21H25N5O3/c1-3-15-12-20(24-21(23-15)26-8-10-28-11-9-26)22-14-16-13-18(25-29-16)17-6-4-5-7-19(17)27-2/h4-7,12-13H,3,8-11,14H2,1-2H3,(H,22,23,24). The zero-order chi connectivity index (χ0) is 20.1. The lowest BCUT2D eigenvalue weighted by atomic mass is 10.1. The van der Waals surface area contributed by atoms with Crippen LogP contribution in [0.1, 0.15) is 18.4 Å². The third-order valence-electron chi connectivity index (χ3n) is 4.81. The predicted molar refractivity (Wildman–Crippen MR) is 110 cm³/mol. The van der Waals surface area contributed by atoms with E-state index in [0.717, 1.165) is 59.7 Å². The summed E-state index contributed by atoms with van der Waals surface area (Å²) >= 11 is 0. The zero-order valence-corrected chi connectivity index (χ0v) is 16.7. The number of hydrogen-bond acceptors (Lipinski definition) is 8. The van der Waals surface area contributed by atoms with Crippen molar-refractivity contribution in [1.82, 2.24) is 15.1 Å². The Labute approximate surface area is 169 Å². The summed E-state index contributed by atoms with van der Waals surface area (Å²) in [5.74, 6) is 2.99. The van der Waals surface area contributed by atoms with E-state index in [4.69, 9.17) is 14.0 Å². The summed E-state index contributed by atoms with van der Waals surface area (Å²) in [5, 5.41) is 7.52. The number of nitrogens with zero attached hydrogens (tertiary/aromatic N) is 4. The molecule has 4 rings (SSSR count). The number of ether oxygens (including phenoxy) is 2.